The van der Waals surface area contributed by atoms with E-state index in [4.69, 9.17) is 10.9 Å². The van der Waals surface area contributed by atoms with E-state index in [0.29, 0.717) is 6.07 Å². The Hall–Kier alpha value is -2.18. The molecule has 1 unspecified atom stereocenters. The number of amides is 1. The zero-order valence-electron chi connectivity index (χ0n) is 11.5. The fraction of sp³-hybridized carbons (Fsp3) is 0.385. The van der Waals surface area contributed by atoms with Crippen LogP contribution in [0.1, 0.15) is 22.8 Å². The summed E-state index contributed by atoms with van der Waals surface area (Å²) in [4.78, 5) is 13.3. The molecule has 0 saturated heterocycles. The molecule has 0 fully saturated rings. The Bertz CT molecular complexity index is 547. The van der Waals surface area contributed by atoms with Gasteiger partial charge in [0.15, 0.2) is 0 Å². The Morgan fingerprint density at radius 2 is 2.05 bits per heavy atom. The normalized spacial score (nSPS) is 13.2. The first-order valence-electron chi connectivity index (χ1n) is 5.96. The van der Waals surface area contributed by atoms with E-state index in [-0.39, 0.29) is 23.5 Å². The Morgan fingerprint density at radius 1 is 1.45 bits per heavy atom. The zero-order valence-corrected chi connectivity index (χ0v) is 11.5. The first-order chi connectivity index (χ1) is 9.27. The van der Waals surface area contributed by atoms with Crippen LogP contribution in [0.5, 0.6) is 0 Å². The summed E-state index contributed by atoms with van der Waals surface area (Å²) in [7, 11) is 1.46. The second kappa shape index (κ2) is 6.31. The Morgan fingerprint density at radius 3 is 2.60 bits per heavy atom. The molecule has 1 rings (SSSR count). The SMILES string of the molecule is Cc1cc(C(=O)N(C)CC(C)/C(N)=N/O)c(F)cc1F. The highest BCUT2D eigenvalue weighted by atomic mass is 19.1. The van der Waals surface area contributed by atoms with Crippen molar-refractivity contribution in [3.05, 3.63) is 34.9 Å². The van der Waals surface area contributed by atoms with Crippen LogP contribution in [0.15, 0.2) is 17.3 Å². The molecule has 0 saturated carbocycles. The Labute approximate surface area is 115 Å². The average molecular weight is 285 g/mol. The van der Waals surface area contributed by atoms with E-state index < -0.39 is 23.5 Å². The number of amidine groups is 1. The predicted molar refractivity (Wildman–Crippen MR) is 70.6 cm³/mol. The van der Waals surface area contributed by atoms with Crippen LogP contribution in [0.2, 0.25) is 0 Å². The standard InChI is InChI=1S/C13H17F2N3O2/c1-7-4-9(11(15)5-10(7)14)13(19)18(3)6-8(2)12(16)17-20/h4-5,8,20H,6H2,1-3H3,(H2,16,17). The number of carbonyl (C=O) groups excluding carboxylic acids is 1. The van der Waals surface area contributed by atoms with E-state index in [2.05, 4.69) is 5.16 Å². The summed E-state index contributed by atoms with van der Waals surface area (Å²) >= 11 is 0. The van der Waals surface area contributed by atoms with Crippen molar-refractivity contribution in [1.82, 2.24) is 4.90 Å². The smallest absolute Gasteiger partial charge is 0.256 e. The van der Waals surface area contributed by atoms with Gasteiger partial charge < -0.3 is 15.8 Å². The number of rotatable bonds is 4. The van der Waals surface area contributed by atoms with Gasteiger partial charge in [-0.25, -0.2) is 8.78 Å². The summed E-state index contributed by atoms with van der Waals surface area (Å²) in [6, 6.07) is 1.85. The lowest BCUT2D eigenvalue weighted by molar-refractivity contribution is 0.0781. The van der Waals surface area contributed by atoms with Gasteiger partial charge in [-0.2, -0.15) is 0 Å². The van der Waals surface area contributed by atoms with Crippen molar-refractivity contribution in [2.45, 2.75) is 13.8 Å². The van der Waals surface area contributed by atoms with Gasteiger partial charge in [0, 0.05) is 25.6 Å². The molecular formula is C13H17F2N3O2. The van der Waals surface area contributed by atoms with Crippen LogP contribution >= 0.6 is 0 Å². The number of hydrogen-bond acceptors (Lipinski definition) is 3. The molecule has 1 atom stereocenters. The lowest BCUT2D eigenvalue weighted by Crippen LogP contribution is -2.36. The molecule has 0 spiro atoms. The third-order valence-electron chi connectivity index (χ3n) is 2.99. The zero-order chi connectivity index (χ0) is 15.4. The second-order valence-corrected chi connectivity index (χ2v) is 4.69. The van der Waals surface area contributed by atoms with E-state index in [1.807, 2.05) is 0 Å². The van der Waals surface area contributed by atoms with Crippen molar-refractivity contribution in [2.24, 2.45) is 16.8 Å². The molecule has 7 heteroatoms. The third-order valence-corrected chi connectivity index (χ3v) is 2.99. The third kappa shape index (κ3) is 3.43. The van der Waals surface area contributed by atoms with Crippen molar-refractivity contribution in [3.63, 3.8) is 0 Å². The molecular weight excluding hydrogens is 268 g/mol. The number of benzene rings is 1. The second-order valence-electron chi connectivity index (χ2n) is 4.69. The molecule has 0 bridgehead atoms. The molecule has 3 N–H and O–H groups in total. The molecule has 0 heterocycles. The molecule has 1 aromatic carbocycles. The number of halogens is 2. The fourth-order valence-corrected chi connectivity index (χ4v) is 1.71. The number of nitrogens with two attached hydrogens (primary N) is 1. The van der Waals surface area contributed by atoms with Crippen LogP contribution in [0.3, 0.4) is 0 Å². The molecule has 110 valence electrons. The van der Waals surface area contributed by atoms with Gasteiger partial charge in [-0.05, 0) is 18.6 Å². The van der Waals surface area contributed by atoms with Gasteiger partial charge in [0.1, 0.15) is 17.5 Å². The summed E-state index contributed by atoms with van der Waals surface area (Å²) in [6.07, 6.45) is 0. The van der Waals surface area contributed by atoms with Crippen LogP contribution in [0.25, 0.3) is 0 Å². The summed E-state index contributed by atoms with van der Waals surface area (Å²) in [5, 5.41) is 11.4. The molecule has 1 amide bonds. The fourth-order valence-electron chi connectivity index (χ4n) is 1.71. The minimum Gasteiger partial charge on any atom is -0.409 e. The maximum atomic E-state index is 13.6. The minimum atomic E-state index is -0.915. The van der Waals surface area contributed by atoms with Gasteiger partial charge in [0.2, 0.25) is 0 Å². The van der Waals surface area contributed by atoms with E-state index in [1.54, 1.807) is 6.92 Å². The highest BCUT2D eigenvalue weighted by Gasteiger charge is 2.20. The highest BCUT2D eigenvalue weighted by molar-refractivity contribution is 5.95. The Kier molecular flexibility index (Phi) is 5.01. The van der Waals surface area contributed by atoms with E-state index >= 15 is 0 Å². The van der Waals surface area contributed by atoms with Crippen molar-refractivity contribution < 1.29 is 18.8 Å². The van der Waals surface area contributed by atoms with E-state index in [0.717, 1.165) is 6.07 Å². The van der Waals surface area contributed by atoms with Crippen LogP contribution in [0.4, 0.5) is 8.78 Å². The monoisotopic (exact) mass is 285 g/mol. The first kappa shape index (κ1) is 15.9. The van der Waals surface area contributed by atoms with Gasteiger partial charge in [0.25, 0.3) is 5.91 Å². The Balaban J connectivity index is 2.93. The molecule has 0 aliphatic heterocycles. The summed E-state index contributed by atoms with van der Waals surface area (Å²) in [5.74, 6) is -2.63. The van der Waals surface area contributed by atoms with Crippen molar-refractivity contribution >= 4 is 11.7 Å². The topological polar surface area (TPSA) is 78.9 Å². The van der Waals surface area contributed by atoms with Gasteiger partial charge in [-0.3, -0.25) is 4.79 Å². The molecule has 5 nitrogen and oxygen atoms in total. The molecule has 0 aliphatic rings. The number of nitrogens with zero attached hydrogens (tertiary/aromatic N) is 2. The van der Waals surface area contributed by atoms with E-state index in [1.165, 1.54) is 18.9 Å². The lowest BCUT2D eigenvalue weighted by atomic mass is 10.1. The largest absolute Gasteiger partial charge is 0.409 e. The molecule has 20 heavy (non-hydrogen) atoms. The lowest BCUT2D eigenvalue weighted by Gasteiger charge is -2.21. The van der Waals surface area contributed by atoms with Crippen molar-refractivity contribution in [1.29, 1.82) is 0 Å². The van der Waals surface area contributed by atoms with Gasteiger partial charge in [-0.1, -0.05) is 12.1 Å². The summed E-state index contributed by atoms with van der Waals surface area (Å²) in [5.41, 5.74) is 5.39. The van der Waals surface area contributed by atoms with Crippen LogP contribution in [0, 0.1) is 24.5 Å². The minimum absolute atomic E-state index is 0.0274. The quantitative estimate of drug-likeness (QED) is 0.383. The van der Waals surface area contributed by atoms with E-state index in [9.17, 15) is 13.6 Å². The van der Waals surface area contributed by atoms with Crippen LogP contribution < -0.4 is 5.73 Å². The maximum absolute atomic E-state index is 13.6. The van der Waals surface area contributed by atoms with Gasteiger partial charge in [0.05, 0.1) is 5.56 Å². The van der Waals surface area contributed by atoms with Crippen LogP contribution in [-0.4, -0.2) is 35.4 Å². The van der Waals surface area contributed by atoms with Gasteiger partial charge in [-0.15, -0.1) is 0 Å². The number of aryl methyl sites for hydroxylation is 1. The molecule has 0 aromatic heterocycles. The number of hydrogen-bond donors (Lipinski definition) is 2. The molecule has 1 aromatic rings. The summed E-state index contributed by atoms with van der Waals surface area (Å²) < 4.78 is 26.8. The number of carbonyl (C=O) groups is 1. The van der Waals surface area contributed by atoms with Gasteiger partial charge >= 0.3 is 0 Å². The predicted octanol–water partition coefficient (Wildman–Crippen LogP) is 1.73. The molecule has 0 radical (unpaired) electrons. The van der Waals surface area contributed by atoms with Crippen LogP contribution in [-0.2, 0) is 0 Å². The average Bonchev–Trinajstić information content (AvgIpc) is 2.40. The molecule has 0 aliphatic carbocycles. The summed E-state index contributed by atoms with van der Waals surface area (Å²) in [6.45, 7) is 3.25. The first-order valence-corrected chi connectivity index (χ1v) is 5.96. The number of oxime groups is 1. The maximum Gasteiger partial charge on any atom is 0.256 e. The van der Waals surface area contributed by atoms with Crippen molar-refractivity contribution in [2.75, 3.05) is 13.6 Å². The van der Waals surface area contributed by atoms with Crippen molar-refractivity contribution in [3.8, 4) is 0 Å². The highest BCUT2D eigenvalue weighted by Crippen LogP contribution is 2.16.